The Morgan fingerprint density at radius 3 is 2.74 bits per heavy atom. The first-order valence-electron chi connectivity index (χ1n) is 9.31. The van der Waals surface area contributed by atoms with Crippen molar-refractivity contribution in [2.45, 2.75) is 39.2 Å². The highest BCUT2D eigenvalue weighted by molar-refractivity contribution is 6.31. The van der Waals surface area contributed by atoms with E-state index >= 15 is 0 Å². The van der Waals surface area contributed by atoms with E-state index < -0.39 is 0 Å². The van der Waals surface area contributed by atoms with E-state index in [9.17, 15) is 9.18 Å². The number of halogens is 2. The summed E-state index contributed by atoms with van der Waals surface area (Å²) in [5, 5.41) is 4.34. The first-order valence-corrected chi connectivity index (χ1v) is 9.69. The number of hydrogen-bond acceptors (Lipinski definition) is 5. The minimum Gasteiger partial charge on any atom is -0.340 e. The highest BCUT2D eigenvalue weighted by atomic mass is 35.5. The highest BCUT2D eigenvalue weighted by Gasteiger charge is 2.22. The fraction of sp³-hybridized carbons (Fsp3) is 0.526. The van der Waals surface area contributed by atoms with Gasteiger partial charge in [-0.3, -0.25) is 9.69 Å². The molecule has 1 fully saturated rings. The minimum atomic E-state index is -0.289. The van der Waals surface area contributed by atoms with Gasteiger partial charge in [0.25, 0.3) is 0 Å². The standard InChI is InChI=1S/C19H24ClFN4O2/c1-2-4-17-22-18(27-23-17)7-8-19(26)25-11-9-24(10-12-25)13-14-15(20)5-3-6-16(14)21/h3,5-6H,2,4,7-13H2,1H3. The number of nitrogens with zero attached hydrogens (tertiary/aromatic N) is 4. The molecule has 0 spiro atoms. The van der Waals surface area contributed by atoms with Crippen LogP contribution in [0, 0.1) is 5.82 Å². The lowest BCUT2D eigenvalue weighted by Gasteiger charge is -2.35. The predicted octanol–water partition coefficient (Wildman–Crippen LogP) is 3.09. The Labute approximate surface area is 163 Å². The molecule has 1 aromatic heterocycles. The van der Waals surface area contributed by atoms with Gasteiger partial charge in [-0.1, -0.05) is 29.7 Å². The Balaban J connectivity index is 1.45. The fourth-order valence-electron chi connectivity index (χ4n) is 3.15. The molecule has 3 rings (SSSR count). The summed E-state index contributed by atoms with van der Waals surface area (Å²) >= 11 is 6.10. The summed E-state index contributed by atoms with van der Waals surface area (Å²) in [5.74, 6) is 0.997. The Morgan fingerprint density at radius 2 is 2.04 bits per heavy atom. The molecule has 2 aromatic rings. The topological polar surface area (TPSA) is 62.5 Å². The monoisotopic (exact) mass is 394 g/mol. The molecule has 2 heterocycles. The van der Waals surface area contributed by atoms with Crippen LogP contribution in [-0.2, 0) is 24.2 Å². The molecule has 8 heteroatoms. The lowest BCUT2D eigenvalue weighted by atomic mass is 10.1. The predicted molar refractivity (Wildman–Crippen MR) is 99.9 cm³/mol. The van der Waals surface area contributed by atoms with Gasteiger partial charge in [-0.15, -0.1) is 0 Å². The number of carbonyl (C=O) groups is 1. The van der Waals surface area contributed by atoms with Crippen molar-refractivity contribution in [2.24, 2.45) is 0 Å². The molecule has 27 heavy (non-hydrogen) atoms. The van der Waals surface area contributed by atoms with Crippen molar-refractivity contribution >= 4 is 17.5 Å². The van der Waals surface area contributed by atoms with Crippen LogP contribution >= 0.6 is 11.6 Å². The molecule has 0 bridgehead atoms. The zero-order chi connectivity index (χ0) is 19.2. The van der Waals surface area contributed by atoms with Crippen LogP contribution in [0.4, 0.5) is 4.39 Å². The molecule has 0 unspecified atom stereocenters. The number of hydrogen-bond donors (Lipinski definition) is 0. The lowest BCUT2D eigenvalue weighted by Crippen LogP contribution is -2.48. The van der Waals surface area contributed by atoms with E-state index in [1.54, 1.807) is 12.1 Å². The third-order valence-electron chi connectivity index (χ3n) is 4.70. The normalized spacial score (nSPS) is 15.3. The van der Waals surface area contributed by atoms with Crippen molar-refractivity contribution < 1.29 is 13.7 Å². The van der Waals surface area contributed by atoms with Gasteiger partial charge in [-0.05, 0) is 18.6 Å². The molecule has 0 atom stereocenters. The molecule has 0 aliphatic carbocycles. The highest BCUT2D eigenvalue weighted by Crippen LogP contribution is 2.21. The molecule has 0 radical (unpaired) electrons. The van der Waals surface area contributed by atoms with E-state index in [1.165, 1.54) is 6.07 Å². The van der Waals surface area contributed by atoms with Gasteiger partial charge in [0.05, 0.1) is 0 Å². The number of aromatic nitrogens is 2. The zero-order valence-corrected chi connectivity index (χ0v) is 16.2. The van der Waals surface area contributed by atoms with E-state index in [-0.39, 0.29) is 11.7 Å². The Kier molecular flexibility index (Phi) is 6.79. The number of rotatable bonds is 7. The van der Waals surface area contributed by atoms with Crippen molar-refractivity contribution in [2.75, 3.05) is 26.2 Å². The Hall–Kier alpha value is -1.99. The van der Waals surface area contributed by atoms with Gasteiger partial charge in [-0.25, -0.2) is 4.39 Å². The molecule has 1 amide bonds. The van der Waals surface area contributed by atoms with E-state index in [4.69, 9.17) is 16.1 Å². The summed E-state index contributed by atoms with van der Waals surface area (Å²) in [7, 11) is 0. The van der Waals surface area contributed by atoms with Crippen LogP contribution in [0.15, 0.2) is 22.7 Å². The summed E-state index contributed by atoms with van der Waals surface area (Å²) in [5.41, 5.74) is 0.512. The largest absolute Gasteiger partial charge is 0.340 e. The molecule has 0 N–H and O–H groups in total. The molecule has 1 saturated heterocycles. The summed E-state index contributed by atoms with van der Waals surface area (Å²) in [6.07, 6.45) is 2.55. The number of piperazine rings is 1. The smallest absolute Gasteiger partial charge is 0.227 e. The second kappa shape index (κ2) is 9.28. The van der Waals surface area contributed by atoms with Gasteiger partial charge in [0, 0.05) is 62.6 Å². The summed E-state index contributed by atoms with van der Waals surface area (Å²) in [6, 6.07) is 4.72. The van der Waals surface area contributed by atoms with Crippen LogP contribution in [0.25, 0.3) is 0 Å². The van der Waals surface area contributed by atoms with Crippen LogP contribution in [0.5, 0.6) is 0 Å². The van der Waals surface area contributed by atoms with E-state index in [0.717, 1.165) is 12.8 Å². The molecule has 6 nitrogen and oxygen atoms in total. The average Bonchev–Trinajstić information content (AvgIpc) is 3.11. The van der Waals surface area contributed by atoms with Crippen LogP contribution in [0.2, 0.25) is 5.02 Å². The van der Waals surface area contributed by atoms with Gasteiger partial charge in [0.1, 0.15) is 5.82 Å². The van der Waals surface area contributed by atoms with Crippen molar-refractivity contribution in [1.29, 1.82) is 0 Å². The minimum absolute atomic E-state index is 0.0776. The van der Waals surface area contributed by atoms with Crippen LogP contribution in [0.3, 0.4) is 0 Å². The van der Waals surface area contributed by atoms with E-state index in [1.807, 2.05) is 4.90 Å². The molecular formula is C19H24ClFN4O2. The molecule has 1 aliphatic rings. The Bertz CT molecular complexity index is 755. The lowest BCUT2D eigenvalue weighted by molar-refractivity contribution is -0.133. The Morgan fingerprint density at radius 1 is 1.26 bits per heavy atom. The molecular weight excluding hydrogens is 371 g/mol. The maximum Gasteiger partial charge on any atom is 0.227 e. The number of amides is 1. The third-order valence-corrected chi connectivity index (χ3v) is 5.06. The maximum atomic E-state index is 13.9. The SMILES string of the molecule is CCCc1noc(CCC(=O)N2CCN(Cc3c(F)cccc3Cl)CC2)n1. The average molecular weight is 395 g/mol. The fourth-order valence-corrected chi connectivity index (χ4v) is 3.37. The first-order chi connectivity index (χ1) is 13.1. The van der Waals surface area contributed by atoms with Crippen LogP contribution < -0.4 is 0 Å². The number of carbonyl (C=O) groups excluding carboxylic acids is 1. The quantitative estimate of drug-likeness (QED) is 0.722. The van der Waals surface area contributed by atoms with E-state index in [2.05, 4.69) is 22.0 Å². The zero-order valence-electron chi connectivity index (χ0n) is 15.5. The molecule has 0 saturated carbocycles. The van der Waals surface area contributed by atoms with Gasteiger partial charge in [-0.2, -0.15) is 4.98 Å². The van der Waals surface area contributed by atoms with Gasteiger partial charge in [0.2, 0.25) is 11.8 Å². The van der Waals surface area contributed by atoms with Gasteiger partial charge < -0.3 is 9.42 Å². The molecule has 1 aliphatic heterocycles. The van der Waals surface area contributed by atoms with Gasteiger partial charge >= 0.3 is 0 Å². The summed E-state index contributed by atoms with van der Waals surface area (Å²) in [4.78, 5) is 20.7. The second-order valence-corrected chi connectivity index (χ2v) is 7.12. The van der Waals surface area contributed by atoms with Crippen LogP contribution in [0.1, 0.15) is 37.0 Å². The number of aryl methyl sites for hydroxylation is 2. The third kappa shape index (κ3) is 5.26. The van der Waals surface area contributed by atoms with Crippen molar-refractivity contribution in [3.63, 3.8) is 0 Å². The van der Waals surface area contributed by atoms with Crippen molar-refractivity contribution in [3.05, 3.63) is 46.3 Å². The summed E-state index contributed by atoms with van der Waals surface area (Å²) < 4.78 is 19.1. The van der Waals surface area contributed by atoms with Crippen molar-refractivity contribution in [1.82, 2.24) is 19.9 Å². The van der Waals surface area contributed by atoms with Crippen molar-refractivity contribution in [3.8, 4) is 0 Å². The first kappa shape index (κ1) is 19.8. The van der Waals surface area contributed by atoms with E-state index in [0.29, 0.717) is 67.9 Å². The second-order valence-electron chi connectivity index (χ2n) is 6.71. The van der Waals surface area contributed by atoms with Gasteiger partial charge in [0.15, 0.2) is 5.82 Å². The molecule has 1 aromatic carbocycles. The summed E-state index contributed by atoms with van der Waals surface area (Å²) in [6.45, 7) is 5.13. The molecule has 146 valence electrons. The number of benzene rings is 1. The van der Waals surface area contributed by atoms with Crippen LogP contribution in [-0.4, -0.2) is 52.0 Å². The maximum absolute atomic E-state index is 13.9.